The zero-order chi connectivity index (χ0) is 40.8. The lowest BCUT2D eigenvalue weighted by Gasteiger charge is -2.38. The summed E-state index contributed by atoms with van der Waals surface area (Å²) < 4.78 is 6.22. The average Bonchev–Trinajstić information content (AvgIpc) is 2.70. The zero-order valence-corrected chi connectivity index (χ0v) is 46.7. The third-order valence-electron chi connectivity index (χ3n) is 7.92. The Morgan fingerprint density at radius 1 is 0.259 bits per heavy atom. The molecule has 0 fully saturated rings. The van der Waals surface area contributed by atoms with Crippen LogP contribution in [-0.4, -0.2) is 312 Å². The largest absolute Gasteiger partial charge is 1.00 e. The van der Waals surface area contributed by atoms with Crippen molar-refractivity contribution in [3.05, 3.63) is 0 Å². The SMILES string of the molecule is C[N+](C)(C)CC(O)C[N+](C)(C)C.C[N+](C)(C)CC(O)C[N+](C)(C)CCO.C[N+](C)(C)CC(O)C[N+](C)(C)CC[N+](C)(C)CC(O)C[N+](C)(C)C.[Cl-].[Cl-].[Cl-].[Cl-].[Cl-].[Cl-].[Cl-].[Cl-]. The van der Waals surface area contributed by atoms with Crippen molar-refractivity contribution in [3.8, 4) is 0 Å². The van der Waals surface area contributed by atoms with Gasteiger partial charge in [0.2, 0.25) is 0 Å². The van der Waals surface area contributed by atoms with Crippen LogP contribution in [0, 0.1) is 0 Å². The molecule has 58 heavy (non-hydrogen) atoms. The molecule has 0 aliphatic heterocycles. The first-order chi connectivity index (χ1) is 21.7. The lowest BCUT2D eigenvalue weighted by atomic mass is 10.2. The molecule has 0 aromatic heterocycles. The monoisotopic (exact) mass is 1010 g/mol. The number of aliphatic hydroxyl groups excluding tert-OH is 5. The van der Waals surface area contributed by atoms with Gasteiger partial charge >= 0.3 is 0 Å². The van der Waals surface area contributed by atoms with Gasteiger partial charge in [0.1, 0.15) is 72.0 Å². The molecule has 5 N–H and O–H groups in total. The quantitative estimate of drug-likeness (QED) is 0.0738. The molecule has 21 heteroatoms. The Labute approximate surface area is 409 Å². The van der Waals surface area contributed by atoms with E-state index in [1.54, 1.807) is 0 Å². The Bertz CT molecular complexity index is 864. The number of aliphatic hydroxyl groups is 5. The van der Waals surface area contributed by atoms with Crippen LogP contribution in [0.2, 0.25) is 0 Å². The summed E-state index contributed by atoms with van der Waals surface area (Å²) >= 11 is 0. The second-order valence-corrected chi connectivity index (χ2v) is 22.2. The third-order valence-corrected chi connectivity index (χ3v) is 7.92. The molecule has 0 aliphatic carbocycles. The molecular weight excluding hydrogens is 920 g/mol. The lowest BCUT2D eigenvalue weighted by molar-refractivity contribution is -0.953. The van der Waals surface area contributed by atoms with Gasteiger partial charge in [0, 0.05) is 0 Å². The van der Waals surface area contributed by atoms with Gasteiger partial charge in [-0.15, -0.1) is 0 Å². The molecule has 3 atom stereocenters. The Hall–Kier alpha value is 1.80. The summed E-state index contributed by atoms with van der Waals surface area (Å²) in [6, 6.07) is 0. The third kappa shape index (κ3) is 66.9. The molecular formula is C37H96Cl8N8O5. The summed E-state index contributed by atoms with van der Waals surface area (Å²) in [6.45, 7) is 8.95. The van der Waals surface area contributed by atoms with Crippen LogP contribution in [0.25, 0.3) is 0 Å². The number of rotatable bonds is 21. The summed E-state index contributed by atoms with van der Waals surface area (Å²) in [4.78, 5) is 0. The lowest BCUT2D eigenvalue weighted by Crippen LogP contribution is -3.00. The van der Waals surface area contributed by atoms with E-state index < -0.39 is 0 Å². The van der Waals surface area contributed by atoms with E-state index in [2.05, 4.69) is 134 Å². The molecule has 0 bridgehead atoms. The van der Waals surface area contributed by atoms with Crippen LogP contribution in [0.5, 0.6) is 0 Å². The van der Waals surface area contributed by atoms with E-state index in [1.807, 2.05) is 14.1 Å². The van der Waals surface area contributed by atoms with Gasteiger partial charge in [-0.25, -0.2) is 0 Å². The van der Waals surface area contributed by atoms with Gasteiger partial charge in [-0.05, 0) is 0 Å². The fourth-order valence-electron chi connectivity index (χ4n) is 6.19. The van der Waals surface area contributed by atoms with Crippen LogP contribution in [0.3, 0.4) is 0 Å². The van der Waals surface area contributed by atoms with E-state index in [4.69, 9.17) is 5.11 Å². The first kappa shape index (κ1) is 86.8. The summed E-state index contributed by atoms with van der Waals surface area (Å²) in [7, 11) is 44.2. The van der Waals surface area contributed by atoms with E-state index in [-0.39, 0.29) is 130 Å². The summed E-state index contributed by atoms with van der Waals surface area (Å²) in [5.41, 5.74) is 0. The van der Waals surface area contributed by atoms with E-state index in [1.165, 1.54) is 0 Å². The molecule has 370 valence electrons. The maximum Gasteiger partial charge on any atom is 0.152 e. The highest BCUT2D eigenvalue weighted by molar-refractivity contribution is 4.55. The maximum atomic E-state index is 10.3. The summed E-state index contributed by atoms with van der Waals surface area (Å²) in [6.07, 6.45) is -1.10. The molecule has 0 saturated heterocycles. The average molecular weight is 1020 g/mol. The van der Waals surface area contributed by atoms with Gasteiger partial charge in [0.25, 0.3) is 0 Å². The van der Waals surface area contributed by atoms with E-state index in [0.29, 0.717) is 17.6 Å². The van der Waals surface area contributed by atoms with Crippen molar-refractivity contribution in [3.63, 3.8) is 0 Å². The van der Waals surface area contributed by atoms with Crippen molar-refractivity contribution < 1.29 is 161 Å². The highest BCUT2D eigenvalue weighted by atomic mass is 35.5. The van der Waals surface area contributed by atoms with Crippen molar-refractivity contribution in [1.82, 2.24) is 0 Å². The van der Waals surface area contributed by atoms with Gasteiger partial charge in [-0.2, -0.15) is 0 Å². The van der Waals surface area contributed by atoms with Crippen LogP contribution in [0.4, 0.5) is 0 Å². The smallest absolute Gasteiger partial charge is 0.152 e. The van der Waals surface area contributed by atoms with E-state index >= 15 is 0 Å². The van der Waals surface area contributed by atoms with Crippen LogP contribution >= 0.6 is 0 Å². The Morgan fingerprint density at radius 2 is 0.397 bits per heavy atom. The minimum absolute atomic E-state index is 0. The normalized spacial score (nSPS) is 13.7. The van der Waals surface area contributed by atoms with Gasteiger partial charge in [-0.3, -0.25) is 0 Å². The Balaban J connectivity index is -0.0000000632. The van der Waals surface area contributed by atoms with Crippen LogP contribution < -0.4 is 99.3 Å². The summed E-state index contributed by atoms with van der Waals surface area (Å²) in [5, 5.41) is 49.1. The van der Waals surface area contributed by atoms with Crippen molar-refractivity contribution in [1.29, 1.82) is 0 Å². The van der Waals surface area contributed by atoms with Crippen molar-refractivity contribution in [2.45, 2.75) is 24.4 Å². The standard InChI is InChI=1S/C18H46N4O2.C10H26N2O2.C9H24N2O.8ClH/c1-19(2,3)13-17(23)15-21(7,8)11-12-22(9,10)16-18(24)14-20(4,5)6;1-11(2,3)8-10(14)9-12(4,5)6-7-13;1-10(2,3)7-9(12)8-11(4,5)6;;;;;;;;/h17-18,23-24H,11-16H2,1-10H3;10,13-14H,6-9H2,1-5H3;9,12H,7-8H2,1-6H3;8*1H/q+4;2*+2;;;;;;;;/p-8. The molecule has 13 nitrogen and oxygen atoms in total. The maximum absolute atomic E-state index is 10.3. The highest BCUT2D eigenvalue weighted by Gasteiger charge is 2.30. The zero-order valence-electron chi connectivity index (χ0n) is 40.6. The minimum Gasteiger partial charge on any atom is -1.00 e. The predicted octanol–water partition coefficient (Wildman–Crippen LogP) is -25.8. The highest BCUT2D eigenvalue weighted by Crippen LogP contribution is 2.09. The molecule has 3 unspecified atom stereocenters. The first-order valence-electron chi connectivity index (χ1n) is 18.5. The minimum atomic E-state index is -0.309. The predicted molar refractivity (Wildman–Crippen MR) is 211 cm³/mol. The van der Waals surface area contributed by atoms with Crippen molar-refractivity contribution in [2.24, 2.45) is 0 Å². The molecule has 0 spiro atoms. The number of hydrogen-bond acceptors (Lipinski definition) is 5. The summed E-state index contributed by atoms with van der Waals surface area (Å²) in [5.74, 6) is 0. The van der Waals surface area contributed by atoms with Crippen LogP contribution in [-0.2, 0) is 0 Å². The fourth-order valence-corrected chi connectivity index (χ4v) is 6.19. The van der Waals surface area contributed by atoms with Gasteiger partial charge < -0.3 is 161 Å². The molecule has 0 radical (unpaired) electrons. The number of nitrogens with zero attached hydrogens (tertiary/aromatic N) is 8. The van der Waals surface area contributed by atoms with Crippen molar-refractivity contribution in [2.75, 3.05) is 227 Å². The second kappa shape index (κ2) is 36.1. The number of likely N-dealkylation sites (N-methyl/N-ethyl adjacent to an activating group) is 8. The first-order valence-corrected chi connectivity index (χ1v) is 18.5. The molecule has 0 aromatic rings. The molecule has 0 amide bonds. The number of quaternary nitrogens is 8. The fraction of sp³-hybridized carbons (Fsp3) is 1.00. The Kier molecular flexibility index (Phi) is 54.0. The van der Waals surface area contributed by atoms with Gasteiger partial charge in [-0.1, -0.05) is 0 Å². The molecule has 0 rings (SSSR count). The second-order valence-electron chi connectivity index (χ2n) is 22.2. The van der Waals surface area contributed by atoms with Gasteiger partial charge in [0.05, 0.1) is 155 Å². The van der Waals surface area contributed by atoms with E-state index in [9.17, 15) is 20.4 Å². The van der Waals surface area contributed by atoms with Crippen molar-refractivity contribution >= 4 is 0 Å². The topological polar surface area (TPSA) is 101 Å². The van der Waals surface area contributed by atoms with E-state index in [0.717, 1.165) is 90.3 Å². The van der Waals surface area contributed by atoms with Gasteiger partial charge in [0.15, 0.2) is 24.4 Å². The van der Waals surface area contributed by atoms with Crippen LogP contribution in [0.15, 0.2) is 0 Å². The molecule has 0 aromatic carbocycles. The number of halogens is 8. The van der Waals surface area contributed by atoms with Crippen LogP contribution in [0.1, 0.15) is 0 Å². The molecule has 0 heterocycles. The number of hydrogen-bond donors (Lipinski definition) is 5. The molecule has 0 aliphatic rings. The Morgan fingerprint density at radius 3 is 0.534 bits per heavy atom. The molecule has 0 saturated carbocycles.